The number of halogens is 1. The standard InChI is InChI=1S/C18H14ClN3/c19-18-16(20-11-12-21-18)13-22-17(14-7-3-1-4-8-14)15-9-5-2-6-10-15/h1-12H,13H2. The molecule has 0 bridgehead atoms. The van der Waals surface area contributed by atoms with E-state index in [-0.39, 0.29) is 0 Å². The van der Waals surface area contributed by atoms with Gasteiger partial charge in [-0.3, -0.25) is 9.98 Å². The van der Waals surface area contributed by atoms with Gasteiger partial charge in [-0.2, -0.15) is 0 Å². The number of nitrogens with zero attached hydrogens (tertiary/aromatic N) is 3. The molecule has 0 radical (unpaired) electrons. The van der Waals surface area contributed by atoms with Crippen molar-refractivity contribution >= 4 is 17.3 Å². The van der Waals surface area contributed by atoms with Gasteiger partial charge < -0.3 is 0 Å². The van der Waals surface area contributed by atoms with Crippen molar-refractivity contribution in [3.05, 3.63) is 95.0 Å². The van der Waals surface area contributed by atoms with Gasteiger partial charge in [-0.25, -0.2) is 4.98 Å². The first kappa shape index (κ1) is 14.4. The number of aliphatic imine (C=N–C) groups is 1. The molecule has 0 saturated heterocycles. The normalized spacial score (nSPS) is 10.2. The van der Waals surface area contributed by atoms with E-state index in [9.17, 15) is 0 Å². The van der Waals surface area contributed by atoms with Crippen molar-refractivity contribution in [2.24, 2.45) is 4.99 Å². The number of rotatable bonds is 4. The molecule has 0 N–H and O–H groups in total. The number of benzene rings is 2. The molecule has 4 heteroatoms. The lowest BCUT2D eigenvalue weighted by atomic mass is 10.0. The lowest BCUT2D eigenvalue weighted by molar-refractivity contribution is 0.964. The Hall–Kier alpha value is -2.52. The summed E-state index contributed by atoms with van der Waals surface area (Å²) in [5, 5.41) is 0.395. The molecule has 0 fully saturated rings. The predicted molar refractivity (Wildman–Crippen MR) is 89.3 cm³/mol. The topological polar surface area (TPSA) is 38.1 Å². The third kappa shape index (κ3) is 3.38. The predicted octanol–water partition coefficient (Wildman–Crippen LogP) is 4.17. The van der Waals surface area contributed by atoms with Crippen LogP contribution in [0.2, 0.25) is 5.15 Å². The van der Waals surface area contributed by atoms with Crippen LogP contribution < -0.4 is 0 Å². The summed E-state index contributed by atoms with van der Waals surface area (Å²) in [6.45, 7) is 0.395. The molecule has 3 nitrogen and oxygen atoms in total. The van der Waals surface area contributed by atoms with E-state index in [2.05, 4.69) is 9.97 Å². The highest BCUT2D eigenvalue weighted by Crippen LogP contribution is 2.14. The van der Waals surface area contributed by atoms with E-state index in [1.54, 1.807) is 12.4 Å². The van der Waals surface area contributed by atoms with Gasteiger partial charge in [-0.15, -0.1) is 0 Å². The van der Waals surface area contributed by atoms with E-state index >= 15 is 0 Å². The van der Waals surface area contributed by atoms with Gasteiger partial charge in [-0.05, 0) is 0 Å². The number of aromatic nitrogens is 2. The minimum absolute atomic E-state index is 0.395. The van der Waals surface area contributed by atoms with Crippen LogP contribution in [0.25, 0.3) is 0 Å². The summed E-state index contributed by atoms with van der Waals surface area (Å²) in [6.07, 6.45) is 3.20. The number of hydrogen-bond acceptors (Lipinski definition) is 3. The van der Waals surface area contributed by atoms with E-state index in [0.29, 0.717) is 17.4 Å². The molecule has 3 rings (SSSR count). The Labute approximate surface area is 134 Å². The Bertz CT molecular complexity index is 729. The number of hydrogen-bond donors (Lipinski definition) is 0. The lowest BCUT2D eigenvalue weighted by Crippen LogP contribution is -2.04. The third-order valence-electron chi connectivity index (χ3n) is 3.20. The van der Waals surface area contributed by atoms with Crippen molar-refractivity contribution in [3.8, 4) is 0 Å². The molecule has 0 aliphatic carbocycles. The van der Waals surface area contributed by atoms with Crippen molar-refractivity contribution in [1.82, 2.24) is 9.97 Å². The van der Waals surface area contributed by atoms with Crippen LogP contribution in [0.3, 0.4) is 0 Å². The highest BCUT2D eigenvalue weighted by Gasteiger charge is 2.07. The van der Waals surface area contributed by atoms with Gasteiger partial charge in [0.05, 0.1) is 18.0 Å². The van der Waals surface area contributed by atoms with Crippen LogP contribution in [-0.4, -0.2) is 15.7 Å². The van der Waals surface area contributed by atoms with Crippen LogP contribution >= 0.6 is 11.6 Å². The van der Waals surface area contributed by atoms with Gasteiger partial charge in [-0.1, -0.05) is 72.3 Å². The zero-order valence-corrected chi connectivity index (χ0v) is 12.6. The molecule has 2 aromatic carbocycles. The Balaban J connectivity index is 1.99. The largest absolute Gasteiger partial charge is 0.278 e. The second-order valence-electron chi connectivity index (χ2n) is 4.69. The SMILES string of the molecule is Clc1nccnc1CN=C(c1ccccc1)c1ccccc1. The first-order valence-electron chi connectivity index (χ1n) is 6.95. The van der Waals surface area contributed by atoms with Gasteiger partial charge >= 0.3 is 0 Å². The summed E-state index contributed by atoms with van der Waals surface area (Å²) in [7, 11) is 0. The van der Waals surface area contributed by atoms with Crippen molar-refractivity contribution in [2.75, 3.05) is 0 Å². The van der Waals surface area contributed by atoms with Crippen LogP contribution in [-0.2, 0) is 6.54 Å². The van der Waals surface area contributed by atoms with E-state index in [1.165, 1.54) is 0 Å². The van der Waals surface area contributed by atoms with Crippen molar-refractivity contribution < 1.29 is 0 Å². The highest BCUT2D eigenvalue weighted by atomic mass is 35.5. The summed E-state index contributed by atoms with van der Waals surface area (Å²) < 4.78 is 0. The maximum atomic E-state index is 6.06. The van der Waals surface area contributed by atoms with Gasteiger partial charge in [0.1, 0.15) is 0 Å². The fraction of sp³-hybridized carbons (Fsp3) is 0.0556. The molecule has 3 aromatic rings. The van der Waals surface area contributed by atoms with Gasteiger partial charge in [0.25, 0.3) is 0 Å². The molecule has 22 heavy (non-hydrogen) atoms. The third-order valence-corrected chi connectivity index (χ3v) is 3.52. The molecular weight excluding hydrogens is 294 g/mol. The summed E-state index contributed by atoms with van der Waals surface area (Å²) in [5.74, 6) is 0. The van der Waals surface area contributed by atoms with Crippen LogP contribution in [0.1, 0.15) is 16.8 Å². The van der Waals surface area contributed by atoms with E-state index in [4.69, 9.17) is 16.6 Å². The Morgan fingerprint density at radius 1 is 0.818 bits per heavy atom. The molecule has 0 spiro atoms. The van der Waals surface area contributed by atoms with E-state index < -0.39 is 0 Å². The lowest BCUT2D eigenvalue weighted by Gasteiger charge is -2.08. The molecule has 0 amide bonds. The first-order valence-corrected chi connectivity index (χ1v) is 7.33. The van der Waals surface area contributed by atoms with E-state index in [0.717, 1.165) is 16.8 Å². The maximum absolute atomic E-state index is 6.06. The smallest absolute Gasteiger partial charge is 0.152 e. The second-order valence-corrected chi connectivity index (χ2v) is 5.05. The fourth-order valence-corrected chi connectivity index (χ4v) is 2.32. The summed E-state index contributed by atoms with van der Waals surface area (Å²) >= 11 is 6.06. The van der Waals surface area contributed by atoms with Gasteiger partial charge in [0, 0.05) is 23.5 Å². The van der Waals surface area contributed by atoms with Crippen LogP contribution in [0.4, 0.5) is 0 Å². The van der Waals surface area contributed by atoms with Crippen LogP contribution in [0.5, 0.6) is 0 Å². The average molecular weight is 308 g/mol. The zero-order chi connectivity index (χ0) is 15.2. The van der Waals surface area contributed by atoms with Crippen molar-refractivity contribution in [3.63, 3.8) is 0 Å². The molecule has 1 heterocycles. The molecule has 0 aliphatic rings. The summed E-state index contributed by atoms with van der Waals surface area (Å²) in [6, 6.07) is 20.2. The molecule has 108 valence electrons. The Kier molecular flexibility index (Phi) is 4.56. The Morgan fingerprint density at radius 3 is 1.91 bits per heavy atom. The fourth-order valence-electron chi connectivity index (χ4n) is 2.15. The zero-order valence-electron chi connectivity index (χ0n) is 11.9. The molecule has 0 aliphatic heterocycles. The van der Waals surface area contributed by atoms with E-state index in [1.807, 2.05) is 60.7 Å². The minimum atomic E-state index is 0.395. The van der Waals surface area contributed by atoms with Crippen LogP contribution in [0.15, 0.2) is 78.0 Å². The highest BCUT2D eigenvalue weighted by molar-refractivity contribution is 6.30. The van der Waals surface area contributed by atoms with Crippen LogP contribution in [0, 0.1) is 0 Å². The maximum Gasteiger partial charge on any atom is 0.152 e. The average Bonchev–Trinajstić information content (AvgIpc) is 2.59. The molecule has 0 saturated carbocycles. The van der Waals surface area contributed by atoms with Gasteiger partial charge in [0.2, 0.25) is 0 Å². The molecule has 1 aromatic heterocycles. The monoisotopic (exact) mass is 307 g/mol. The summed E-state index contributed by atoms with van der Waals surface area (Å²) in [4.78, 5) is 13.0. The van der Waals surface area contributed by atoms with Gasteiger partial charge in [0.15, 0.2) is 5.15 Å². The first-order chi connectivity index (χ1) is 10.8. The van der Waals surface area contributed by atoms with Crippen molar-refractivity contribution in [2.45, 2.75) is 6.54 Å². The molecule has 0 atom stereocenters. The summed E-state index contributed by atoms with van der Waals surface area (Å²) in [5.41, 5.74) is 3.72. The van der Waals surface area contributed by atoms with Crippen molar-refractivity contribution in [1.29, 1.82) is 0 Å². The Morgan fingerprint density at radius 2 is 1.36 bits per heavy atom. The molecule has 0 unspecified atom stereocenters. The molecular formula is C18H14ClN3. The quantitative estimate of drug-likeness (QED) is 0.679. The second kappa shape index (κ2) is 6.96. The minimum Gasteiger partial charge on any atom is -0.278 e.